The molecule has 1 N–H and O–H groups in total. The van der Waals surface area contributed by atoms with Crippen molar-refractivity contribution in [3.63, 3.8) is 0 Å². The largest absolute Gasteiger partial charge is 0.478 e. The Morgan fingerprint density at radius 3 is 2.21 bits per heavy atom. The third-order valence-electron chi connectivity index (χ3n) is 2.27. The molecule has 0 bridgehead atoms. The van der Waals surface area contributed by atoms with Crippen molar-refractivity contribution in [1.29, 1.82) is 0 Å². The van der Waals surface area contributed by atoms with Crippen LogP contribution in [0.25, 0.3) is 0 Å². The number of rotatable bonds is 3. The van der Waals surface area contributed by atoms with E-state index in [4.69, 9.17) is 34.8 Å². The van der Waals surface area contributed by atoms with Crippen molar-refractivity contribution < 1.29 is 9.90 Å². The van der Waals surface area contributed by atoms with Crippen molar-refractivity contribution in [2.24, 2.45) is 0 Å². The van der Waals surface area contributed by atoms with Crippen molar-refractivity contribution in [3.8, 4) is 0 Å². The van der Waals surface area contributed by atoms with Crippen molar-refractivity contribution in [2.45, 2.75) is 9.79 Å². The molecule has 2 aromatic carbocycles. The molecule has 0 saturated carbocycles. The maximum Gasteiger partial charge on any atom is 0.336 e. The minimum Gasteiger partial charge on any atom is -0.478 e. The quantitative estimate of drug-likeness (QED) is 0.806. The third kappa shape index (κ3) is 3.57. The van der Waals surface area contributed by atoms with Crippen LogP contribution in [-0.4, -0.2) is 11.1 Å². The Bertz CT molecular complexity index is 627. The summed E-state index contributed by atoms with van der Waals surface area (Å²) in [5, 5.41) is 10.4. The molecule has 0 fully saturated rings. The van der Waals surface area contributed by atoms with Crippen LogP contribution >= 0.6 is 46.6 Å². The average Bonchev–Trinajstić information content (AvgIpc) is 2.34. The summed E-state index contributed by atoms with van der Waals surface area (Å²) in [6.07, 6.45) is 0. The SMILES string of the molecule is O=C(O)c1cc(Cl)cc(Cl)c1Sc1ccc(Cl)cc1. The molecule has 0 unspecified atom stereocenters. The Labute approximate surface area is 129 Å². The fourth-order valence-corrected chi connectivity index (χ4v) is 3.10. The number of aromatic carboxylic acids is 1. The summed E-state index contributed by atoms with van der Waals surface area (Å²) < 4.78 is 0. The maximum absolute atomic E-state index is 11.2. The molecule has 0 amide bonds. The molecule has 6 heteroatoms. The van der Waals surface area contributed by atoms with Gasteiger partial charge < -0.3 is 5.11 Å². The van der Waals surface area contributed by atoms with Gasteiger partial charge in [-0.05, 0) is 36.4 Å². The minimum atomic E-state index is -1.07. The predicted octanol–water partition coefficient (Wildman–Crippen LogP) is 5.50. The molecule has 0 radical (unpaired) electrons. The first-order chi connectivity index (χ1) is 8.97. The monoisotopic (exact) mass is 332 g/mol. The summed E-state index contributed by atoms with van der Waals surface area (Å²) in [6, 6.07) is 9.96. The highest BCUT2D eigenvalue weighted by Crippen LogP contribution is 2.38. The lowest BCUT2D eigenvalue weighted by molar-refractivity contribution is 0.0693. The van der Waals surface area contributed by atoms with Crippen molar-refractivity contribution in [1.82, 2.24) is 0 Å². The predicted molar refractivity (Wildman–Crippen MR) is 79.0 cm³/mol. The van der Waals surface area contributed by atoms with Crippen LogP contribution in [0.2, 0.25) is 15.1 Å². The van der Waals surface area contributed by atoms with Gasteiger partial charge in [-0.3, -0.25) is 0 Å². The summed E-state index contributed by atoms with van der Waals surface area (Å²) in [5.74, 6) is -1.07. The highest BCUT2D eigenvalue weighted by molar-refractivity contribution is 7.99. The highest BCUT2D eigenvalue weighted by atomic mass is 35.5. The maximum atomic E-state index is 11.2. The average molecular weight is 334 g/mol. The lowest BCUT2D eigenvalue weighted by Crippen LogP contribution is -1.99. The summed E-state index contributed by atoms with van der Waals surface area (Å²) in [5.41, 5.74) is 0.0810. The van der Waals surface area contributed by atoms with Gasteiger partial charge in [0.05, 0.1) is 10.6 Å². The third-order valence-corrected chi connectivity index (χ3v) is 4.30. The van der Waals surface area contributed by atoms with Crippen LogP contribution in [0.1, 0.15) is 10.4 Å². The van der Waals surface area contributed by atoms with Crippen LogP contribution in [0.15, 0.2) is 46.2 Å². The van der Waals surface area contributed by atoms with Gasteiger partial charge in [0.1, 0.15) is 0 Å². The Kier molecular flexibility index (Phi) is 4.63. The molecular weight excluding hydrogens is 327 g/mol. The number of halogens is 3. The van der Waals surface area contributed by atoms with Gasteiger partial charge in [-0.15, -0.1) is 0 Å². The first-order valence-corrected chi connectivity index (χ1v) is 7.08. The lowest BCUT2D eigenvalue weighted by atomic mass is 10.2. The van der Waals surface area contributed by atoms with E-state index in [1.807, 2.05) is 0 Å². The fourth-order valence-electron chi connectivity index (χ4n) is 1.44. The Morgan fingerprint density at radius 2 is 1.63 bits per heavy atom. The number of benzene rings is 2. The van der Waals surface area contributed by atoms with Gasteiger partial charge in [0.25, 0.3) is 0 Å². The van der Waals surface area contributed by atoms with Crippen LogP contribution in [0.5, 0.6) is 0 Å². The molecule has 0 atom stereocenters. The summed E-state index contributed by atoms with van der Waals surface area (Å²) in [7, 11) is 0. The Balaban J connectivity index is 2.44. The van der Waals surface area contributed by atoms with Gasteiger partial charge in [0.2, 0.25) is 0 Å². The van der Waals surface area contributed by atoms with Crippen LogP contribution in [0.3, 0.4) is 0 Å². The zero-order valence-corrected chi connectivity index (χ0v) is 12.4. The van der Waals surface area contributed by atoms with E-state index in [-0.39, 0.29) is 5.56 Å². The molecular formula is C13H7Cl3O2S. The van der Waals surface area contributed by atoms with Gasteiger partial charge in [-0.25, -0.2) is 4.79 Å². The number of carbonyl (C=O) groups is 1. The van der Waals surface area contributed by atoms with Gasteiger partial charge in [0.15, 0.2) is 0 Å². The lowest BCUT2D eigenvalue weighted by Gasteiger charge is -2.09. The van der Waals surface area contributed by atoms with E-state index in [2.05, 4.69) is 0 Å². The van der Waals surface area contributed by atoms with E-state index in [1.54, 1.807) is 24.3 Å². The van der Waals surface area contributed by atoms with Crippen molar-refractivity contribution >= 4 is 52.5 Å². The summed E-state index contributed by atoms with van der Waals surface area (Å²) >= 11 is 18.9. The van der Waals surface area contributed by atoms with Gasteiger partial charge >= 0.3 is 5.97 Å². The summed E-state index contributed by atoms with van der Waals surface area (Å²) in [6.45, 7) is 0. The number of carboxylic acids is 1. The van der Waals surface area contributed by atoms with E-state index >= 15 is 0 Å². The van der Waals surface area contributed by atoms with Crippen LogP contribution < -0.4 is 0 Å². The zero-order chi connectivity index (χ0) is 14.0. The molecule has 0 aliphatic heterocycles. The van der Waals surface area contributed by atoms with Crippen molar-refractivity contribution in [2.75, 3.05) is 0 Å². The van der Waals surface area contributed by atoms with Crippen LogP contribution in [-0.2, 0) is 0 Å². The first-order valence-electron chi connectivity index (χ1n) is 5.13. The fraction of sp³-hybridized carbons (Fsp3) is 0. The molecule has 0 aromatic heterocycles. The molecule has 2 rings (SSSR count). The molecule has 98 valence electrons. The first kappa shape index (κ1) is 14.5. The second-order valence-corrected chi connectivity index (χ2v) is 5.99. The molecule has 2 nitrogen and oxygen atoms in total. The Hall–Kier alpha value is -0.870. The van der Waals surface area contributed by atoms with E-state index < -0.39 is 5.97 Å². The second-order valence-electron chi connectivity index (χ2n) is 3.63. The number of hydrogen-bond acceptors (Lipinski definition) is 2. The van der Waals surface area contributed by atoms with E-state index in [9.17, 15) is 9.90 Å². The molecule has 2 aromatic rings. The second kappa shape index (κ2) is 6.06. The van der Waals surface area contributed by atoms with E-state index in [0.29, 0.717) is 20.0 Å². The molecule has 0 aliphatic carbocycles. The molecule has 0 spiro atoms. The normalized spacial score (nSPS) is 10.5. The smallest absolute Gasteiger partial charge is 0.336 e. The van der Waals surface area contributed by atoms with E-state index in [1.165, 1.54) is 23.9 Å². The van der Waals surface area contributed by atoms with Crippen LogP contribution in [0.4, 0.5) is 0 Å². The molecule has 0 saturated heterocycles. The standard InChI is InChI=1S/C13H7Cl3O2S/c14-7-1-3-9(4-2-7)19-12-10(13(17)18)5-8(15)6-11(12)16/h1-6H,(H,17,18). The minimum absolute atomic E-state index is 0.0810. The molecule has 0 aliphatic rings. The zero-order valence-electron chi connectivity index (χ0n) is 9.36. The molecule has 19 heavy (non-hydrogen) atoms. The van der Waals surface area contributed by atoms with Crippen molar-refractivity contribution in [3.05, 3.63) is 57.0 Å². The topological polar surface area (TPSA) is 37.3 Å². The highest BCUT2D eigenvalue weighted by Gasteiger charge is 2.16. The molecule has 0 heterocycles. The summed E-state index contributed by atoms with van der Waals surface area (Å²) in [4.78, 5) is 12.5. The van der Waals surface area contributed by atoms with E-state index in [0.717, 1.165) is 4.90 Å². The Morgan fingerprint density at radius 1 is 1.00 bits per heavy atom. The van der Waals surface area contributed by atoms with Gasteiger partial charge in [-0.1, -0.05) is 46.6 Å². The van der Waals surface area contributed by atoms with Crippen LogP contribution in [0, 0.1) is 0 Å². The van der Waals surface area contributed by atoms with Gasteiger partial charge in [-0.2, -0.15) is 0 Å². The van der Waals surface area contributed by atoms with Gasteiger partial charge in [0, 0.05) is 19.8 Å². The number of hydrogen-bond donors (Lipinski definition) is 1. The number of carboxylic acid groups (broad SMARTS) is 1.